The molecule has 0 aliphatic carbocycles. The van der Waals surface area contributed by atoms with Gasteiger partial charge < -0.3 is 15.8 Å². The topological polar surface area (TPSA) is 119 Å². The number of carbonyl (C=O) groups is 1. The molecule has 4 N–H and O–H groups in total. The maximum Gasteiger partial charge on any atom is 0.293 e. The summed E-state index contributed by atoms with van der Waals surface area (Å²) in [5, 5.41) is 15.2. The minimum atomic E-state index is -0.403. The van der Waals surface area contributed by atoms with Crippen LogP contribution in [0.25, 0.3) is 0 Å². The standard InChI is InChI=1S/C10H12N6O2/c11-7-2-1-3-8(6-7)18-5-4-12-10(17)9-13-15-16-14-9/h1-3,6H,4-5,11H2,(H,12,17)(H,13,14,15,16). The van der Waals surface area contributed by atoms with Gasteiger partial charge in [-0.05, 0) is 17.3 Å². The van der Waals surface area contributed by atoms with Gasteiger partial charge in [-0.2, -0.15) is 5.21 Å². The number of benzene rings is 1. The van der Waals surface area contributed by atoms with E-state index >= 15 is 0 Å². The van der Waals surface area contributed by atoms with Gasteiger partial charge in [0.05, 0.1) is 6.54 Å². The van der Waals surface area contributed by atoms with E-state index in [1.165, 1.54) is 0 Å². The Bertz CT molecular complexity index is 513. The quantitative estimate of drug-likeness (QED) is 0.489. The molecule has 0 saturated carbocycles. The zero-order valence-electron chi connectivity index (χ0n) is 9.46. The highest BCUT2D eigenvalue weighted by molar-refractivity contribution is 5.89. The number of rotatable bonds is 5. The predicted octanol–water partition coefficient (Wildman–Crippen LogP) is -0.409. The highest BCUT2D eigenvalue weighted by Gasteiger charge is 2.09. The largest absolute Gasteiger partial charge is 0.492 e. The van der Waals surface area contributed by atoms with Crippen molar-refractivity contribution in [3.05, 3.63) is 30.1 Å². The second kappa shape index (κ2) is 5.62. The molecule has 18 heavy (non-hydrogen) atoms. The van der Waals surface area contributed by atoms with Crippen molar-refractivity contribution in [2.45, 2.75) is 0 Å². The Hall–Kier alpha value is -2.64. The molecule has 0 fully saturated rings. The fourth-order valence-electron chi connectivity index (χ4n) is 1.27. The van der Waals surface area contributed by atoms with Crippen molar-refractivity contribution in [3.63, 3.8) is 0 Å². The van der Waals surface area contributed by atoms with Crippen LogP contribution in [0.15, 0.2) is 24.3 Å². The van der Waals surface area contributed by atoms with Crippen LogP contribution in [-0.2, 0) is 0 Å². The van der Waals surface area contributed by atoms with Crippen LogP contribution < -0.4 is 15.8 Å². The monoisotopic (exact) mass is 248 g/mol. The lowest BCUT2D eigenvalue weighted by Crippen LogP contribution is -2.29. The van der Waals surface area contributed by atoms with Crippen LogP contribution in [0.4, 0.5) is 5.69 Å². The summed E-state index contributed by atoms with van der Waals surface area (Å²) in [6, 6.07) is 7.06. The molecular formula is C10H12N6O2. The molecule has 0 spiro atoms. The SMILES string of the molecule is Nc1cccc(OCCNC(=O)c2nn[nH]n2)c1. The summed E-state index contributed by atoms with van der Waals surface area (Å²) in [6.07, 6.45) is 0. The van der Waals surface area contributed by atoms with Gasteiger partial charge in [0.2, 0.25) is 0 Å². The summed E-state index contributed by atoms with van der Waals surface area (Å²) < 4.78 is 5.40. The van der Waals surface area contributed by atoms with E-state index in [9.17, 15) is 4.79 Å². The third kappa shape index (κ3) is 3.17. The number of nitrogen functional groups attached to an aromatic ring is 1. The van der Waals surface area contributed by atoms with Gasteiger partial charge in [-0.3, -0.25) is 4.79 Å². The molecule has 0 unspecified atom stereocenters. The first-order chi connectivity index (χ1) is 8.75. The molecule has 0 aliphatic rings. The number of nitrogens with one attached hydrogen (secondary N) is 2. The van der Waals surface area contributed by atoms with Crippen LogP contribution in [0.1, 0.15) is 10.6 Å². The van der Waals surface area contributed by atoms with Crippen LogP contribution in [0.5, 0.6) is 5.75 Å². The summed E-state index contributed by atoms with van der Waals surface area (Å²) in [6.45, 7) is 0.662. The number of hydrogen-bond acceptors (Lipinski definition) is 6. The van der Waals surface area contributed by atoms with Crippen molar-refractivity contribution in [2.75, 3.05) is 18.9 Å². The molecule has 0 aliphatic heterocycles. The van der Waals surface area contributed by atoms with Gasteiger partial charge in [0, 0.05) is 11.8 Å². The number of aromatic nitrogens is 4. The van der Waals surface area contributed by atoms with E-state index in [2.05, 4.69) is 25.9 Å². The average Bonchev–Trinajstić information content (AvgIpc) is 2.88. The first-order valence-electron chi connectivity index (χ1n) is 5.25. The van der Waals surface area contributed by atoms with Crippen LogP contribution in [0.3, 0.4) is 0 Å². The van der Waals surface area contributed by atoms with Gasteiger partial charge in [0.25, 0.3) is 11.7 Å². The van der Waals surface area contributed by atoms with Crippen molar-refractivity contribution in [2.24, 2.45) is 0 Å². The van der Waals surface area contributed by atoms with E-state index in [0.717, 1.165) is 0 Å². The second-order valence-electron chi connectivity index (χ2n) is 3.41. The molecule has 0 bridgehead atoms. The molecule has 1 heterocycles. The minimum absolute atomic E-state index is 0.000967. The Morgan fingerprint density at radius 1 is 1.50 bits per heavy atom. The normalized spacial score (nSPS) is 10.0. The Morgan fingerprint density at radius 3 is 3.11 bits per heavy atom. The molecule has 0 atom stereocenters. The lowest BCUT2D eigenvalue weighted by atomic mass is 10.3. The number of aromatic amines is 1. The third-order valence-electron chi connectivity index (χ3n) is 2.06. The lowest BCUT2D eigenvalue weighted by molar-refractivity contribution is 0.0936. The number of H-pyrrole nitrogens is 1. The molecule has 2 aromatic rings. The third-order valence-corrected chi connectivity index (χ3v) is 2.06. The molecular weight excluding hydrogens is 236 g/mol. The number of nitrogens with zero attached hydrogens (tertiary/aromatic N) is 3. The first-order valence-corrected chi connectivity index (χ1v) is 5.25. The van der Waals surface area contributed by atoms with E-state index < -0.39 is 5.91 Å². The van der Waals surface area contributed by atoms with Gasteiger partial charge >= 0.3 is 0 Å². The van der Waals surface area contributed by atoms with Crippen molar-refractivity contribution in [1.29, 1.82) is 0 Å². The van der Waals surface area contributed by atoms with Crippen LogP contribution in [-0.4, -0.2) is 39.7 Å². The number of ether oxygens (including phenoxy) is 1. The Morgan fingerprint density at radius 2 is 2.39 bits per heavy atom. The molecule has 0 radical (unpaired) electrons. The number of tetrazole rings is 1. The van der Waals surface area contributed by atoms with Gasteiger partial charge in [-0.25, -0.2) is 0 Å². The molecule has 1 aromatic heterocycles. The Labute approximate surface area is 103 Å². The molecule has 1 aromatic carbocycles. The van der Waals surface area contributed by atoms with Gasteiger partial charge in [-0.15, -0.1) is 10.2 Å². The predicted molar refractivity (Wildman–Crippen MR) is 62.9 cm³/mol. The van der Waals surface area contributed by atoms with Crippen LogP contribution in [0, 0.1) is 0 Å². The smallest absolute Gasteiger partial charge is 0.293 e. The van der Waals surface area contributed by atoms with Crippen molar-refractivity contribution in [3.8, 4) is 5.75 Å². The molecule has 0 saturated heterocycles. The summed E-state index contributed by atoms with van der Waals surface area (Å²) >= 11 is 0. The lowest BCUT2D eigenvalue weighted by Gasteiger charge is -2.06. The van der Waals surface area contributed by atoms with Crippen molar-refractivity contribution >= 4 is 11.6 Å². The van der Waals surface area contributed by atoms with E-state index in [1.54, 1.807) is 24.3 Å². The summed E-state index contributed by atoms with van der Waals surface area (Å²) in [5.74, 6) is 0.252. The van der Waals surface area contributed by atoms with Crippen molar-refractivity contribution in [1.82, 2.24) is 25.9 Å². The van der Waals surface area contributed by atoms with E-state index in [4.69, 9.17) is 10.5 Å². The van der Waals surface area contributed by atoms with Gasteiger partial charge in [-0.1, -0.05) is 6.07 Å². The maximum absolute atomic E-state index is 11.4. The van der Waals surface area contributed by atoms with E-state index in [-0.39, 0.29) is 5.82 Å². The van der Waals surface area contributed by atoms with E-state index in [1.807, 2.05) is 0 Å². The number of anilines is 1. The van der Waals surface area contributed by atoms with E-state index in [0.29, 0.717) is 24.6 Å². The molecule has 8 nitrogen and oxygen atoms in total. The number of hydrogen-bond donors (Lipinski definition) is 3. The zero-order valence-corrected chi connectivity index (χ0v) is 9.46. The van der Waals surface area contributed by atoms with Gasteiger partial charge in [0.1, 0.15) is 12.4 Å². The maximum atomic E-state index is 11.4. The number of amides is 1. The summed E-state index contributed by atoms with van der Waals surface area (Å²) in [4.78, 5) is 11.4. The highest BCUT2D eigenvalue weighted by Crippen LogP contribution is 2.13. The first kappa shape index (κ1) is 11.8. The Kier molecular flexibility index (Phi) is 3.69. The average molecular weight is 248 g/mol. The fourth-order valence-corrected chi connectivity index (χ4v) is 1.27. The second-order valence-corrected chi connectivity index (χ2v) is 3.41. The van der Waals surface area contributed by atoms with Crippen LogP contribution in [0.2, 0.25) is 0 Å². The number of nitrogens with two attached hydrogens (primary N) is 1. The van der Waals surface area contributed by atoms with Crippen molar-refractivity contribution < 1.29 is 9.53 Å². The molecule has 2 rings (SSSR count). The molecule has 94 valence electrons. The highest BCUT2D eigenvalue weighted by atomic mass is 16.5. The van der Waals surface area contributed by atoms with Crippen LogP contribution >= 0.6 is 0 Å². The Balaban J connectivity index is 1.72. The summed E-state index contributed by atoms with van der Waals surface area (Å²) in [7, 11) is 0. The summed E-state index contributed by atoms with van der Waals surface area (Å²) in [5.41, 5.74) is 6.23. The fraction of sp³-hybridized carbons (Fsp3) is 0.200. The zero-order chi connectivity index (χ0) is 12.8. The molecule has 8 heteroatoms. The molecule has 1 amide bonds. The minimum Gasteiger partial charge on any atom is -0.492 e. The number of carbonyl (C=O) groups excluding carboxylic acids is 1. The van der Waals surface area contributed by atoms with Gasteiger partial charge in [0.15, 0.2) is 0 Å².